The Morgan fingerprint density at radius 1 is 1.58 bits per heavy atom. The number of hydrogen-bond acceptors (Lipinski definition) is 5. The highest BCUT2D eigenvalue weighted by Gasteiger charge is 2.23. The van der Waals surface area contributed by atoms with Gasteiger partial charge in [0.15, 0.2) is 0 Å². The molecular weight excluding hydrogens is 260 g/mol. The van der Waals surface area contributed by atoms with E-state index in [1.165, 1.54) is 11.3 Å². The van der Waals surface area contributed by atoms with E-state index < -0.39 is 0 Å². The van der Waals surface area contributed by atoms with Crippen molar-refractivity contribution in [3.05, 3.63) is 28.7 Å². The minimum absolute atomic E-state index is 0.0152. The molecule has 1 amide bonds. The van der Waals surface area contributed by atoms with Crippen molar-refractivity contribution in [2.24, 2.45) is 5.73 Å². The Balaban J connectivity index is 1.95. The lowest BCUT2D eigenvalue weighted by atomic mass is 10.3. The van der Waals surface area contributed by atoms with Gasteiger partial charge in [-0.2, -0.15) is 0 Å². The number of thiazole rings is 1. The van der Waals surface area contributed by atoms with Gasteiger partial charge >= 0.3 is 0 Å². The molecule has 2 rings (SSSR count). The molecule has 1 aliphatic heterocycles. The standard InChI is InChI=1S/C13H20N4OS/c1-3-4-16-5-7-17(8-6-16)13(18)11-9-19-12(15-11)10(2)14/h3,9-10H,1,4-8,14H2,2H3. The summed E-state index contributed by atoms with van der Waals surface area (Å²) in [6, 6.07) is -0.115. The van der Waals surface area contributed by atoms with Crippen LogP contribution in [0, 0.1) is 0 Å². The fourth-order valence-electron chi connectivity index (χ4n) is 2.07. The van der Waals surface area contributed by atoms with Crippen molar-refractivity contribution in [1.29, 1.82) is 0 Å². The predicted octanol–water partition coefficient (Wildman–Crippen LogP) is 1.11. The maximum atomic E-state index is 12.3. The van der Waals surface area contributed by atoms with Crippen molar-refractivity contribution >= 4 is 17.2 Å². The molecule has 1 saturated heterocycles. The van der Waals surface area contributed by atoms with Gasteiger partial charge in [-0.05, 0) is 6.92 Å². The van der Waals surface area contributed by atoms with E-state index in [4.69, 9.17) is 5.73 Å². The van der Waals surface area contributed by atoms with Crippen LogP contribution in [0.2, 0.25) is 0 Å². The molecule has 1 fully saturated rings. The Labute approximate surface area is 117 Å². The lowest BCUT2D eigenvalue weighted by Crippen LogP contribution is -2.48. The summed E-state index contributed by atoms with van der Waals surface area (Å²) in [6.45, 7) is 9.77. The van der Waals surface area contributed by atoms with Crippen molar-refractivity contribution in [3.63, 3.8) is 0 Å². The number of piperazine rings is 1. The van der Waals surface area contributed by atoms with Crippen LogP contribution in [-0.2, 0) is 0 Å². The Hall–Kier alpha value is -1.24. The van der Waals surface area contributed by atoms with Crippen molar-refractivity contribution in [3.8, 4) is 0 Å². The maximum absolute atomic E-state index is 12.3. The van der Waals surface area contributed by atoms with Crippen LogP contribution in [0.1, 0.15) is 28.5 Å². The van der Waals surface area contributed by atoms with Gasteiger partial charge in [0.25, 0.3) is 5.91 Å². The van der Waals surface area contributed by atoms with Crippen LogP contribution in [-0.4, -0.2) is 53.4 Å². The molecule has 0 aliphatic carbocycles. The van der Waals surface area contributed by atoms with E-state index in [1.54, 1.807) is 5.38 Å². The highest BCUT2D eigenvalue weighted by Crippen LogP contribution is 2.17. The monoisotopic (exact) mass is 280 g/mol. The van der Waals surface area contributed by atoms with Crippen molar-refractivity contribution in [1.82, 2.24) is 14.8 Å². The molecule has 2 heterocycles. The van der Waals surface area contributed by atoms with Crippen LogP contribution in [0.3, 0.4) is 0 Å². The summed E-state index contributed by atoms with van der Waals surface area (Å²) in [4.78, 5) is 20.7. The van der Waals surface area contributed by atoms with Crippen LogP contribution in [0.4, 0.5) is 0 Å². The maximum Gasteiger partial charge on any atom is 0.273 e. The number of amides is 1. The number of carbonyl (C=O) groups is 1. The average molecular weight is 280 g/mol. The molecule has 104 valence electrons. The van der Waals surface area contributed by atoms with E-state index in [9.17, 15) is 4.79 Å². The molecule has 1 aromatic heterocycles. The van der Waals surface area contributed by atoms with Gasteiger partial charge in [-0.25, -0.2) is 4.98 Å². The topological polar surface area (TPSA) is 62.5 Å². The van der Waals surface area contributed by atoms with Crippen molar-refractivity contribution in [2.45, 2.75) is 13.0 Å². The fraction of sp³-hybridized carbons (Fsp3) is 0.538. The van der Waals surface area contributed by atoms with Gasteiger partial charge in [0.2, 0.25) is 0 Å². The predicted molar refractivity (Wildman–Crippen MR) is 77.3 cm³/mol. The Morgan fingerprint density at radius 2 is 2.26 bits per heavy atom. The molecule has 6 heteroatoms. The molecule has 0 saturated carbocycles. The first-order chi connectivity index (χ1) is 9.11. The van der Waals surface area contributed by atoms with E-state index in [2.05, 4.69) is 16.5 Å². The summed E-state index contributed by atoms with van der Waals surface area (Å²) in [5, 5.41) is 2.62. The molecule has 1 aromatic rings. The quantitative estimate of drug-likeness (QED) is 0.839. The summed E-state index contributed by atoms with van der Waals surface area (Å²) in [5.41, 5.74) is 6.29. The molecule has 1 atom stereocenters. The first-order valence-electron chi connectivity index (χ1n) is 6.45. The highest BCUT2D eigenvalue weighted by molar-refractivity contribution is 7.09. The highest BCUT2D eigenvalue weighted by atomic mass is 32.1. The minimum atomic E-state index is -0.115. The van der Waals surface area contributed by atoms with E-state index in [0.717, 1.165) is 37.7 Å². The SMILES string of the molecule is C=CCN1CCN(C(=O)c2csc(C(C)N)n2)CC1. The van der Waals surface area contributed by atoms with Crippen molar-refractivity contribution < 1.29 is 4.79 Å². The van der Waals surface area contributed by atoms with Gasteiger partial charge in [0, 0.05) is 38.1 Å². The Morgan fingerprint density at radius 3 is 2.79 bits per heavy atom. The molecule has 0 bridgehead atoms. The zero-order chi connectivity index (χ0) is 13.8. The molecule has 0 radical (unpaired) electrons. The zero-order valence-corrected chi connectivity index (χ0v) is 12.0. The van der Waals surface area contributed by atoms with Gasteiger partial charge in [0.05, 0.1) is 6.04 Å². The summed E-state index contributed by atoms with van der Waals surface area (Å²) in [5.74, 6) is 0.0152. The van der Waals surface area contributed by atoms with Gasteiger partial charge < -0.3 is 10.6 Å². The van der Waals surface area contributed by atoms with Crippen LogP contribution in [0.25, 0.3) is 0 Å². The van der Waals surface area contributed by atoms with Crippen LogP contribution >= 0.6 is 11.3 Å². The number of carbonyl (C=O) groups excluding carboxylic acids is 1. The normalized spacial score (nSPS) is 18.3. The second kappa shape index (κ2) is 6.27. The van der Waals surface area contributed by atoms with E-state index in [-0.39, 0.29) is 11.9 Å². The smallest absolute Gasteiger partial charge is 0.273 e. The largest absolute Gasteiger partial charge is 0.335 e. The van der Waals surface area contributed by atoms with Crippen molar-refractivity contribution in [2.75, 3.05) is 32.7 Å². The molecule has 19 heavy (non-hydrogen) atoms. The van der Waals surface area contributed by atoms with Crippen LogP contribution in [0.5, 0.6) is 0 Å². The summed E-state index contributed by atoms with van der Waals surface area (Å²) >= 11 is 1.45. The fourth-order valence-corrected chi connectivity index (χ4v) is 2.82. The van der Waals surface area contributed by atoms with E-state index in [1.807, 2.05) is 17.9 Å². The number of nitrogens with two attached hydrogens (primary N) is 1. The van der Waals surface area contributed by atoms with E-state index >= 15 is 0 Å². The number of aromatic nitrogens is 1. The van der Waals surface area contributed by atoms with Gasteiger partial charge in [-0.1, -0.05) is 6.08 Å². The minimum Gasteiger partial charge on any atom is -0.335 e. The third-order valence-corrected chi connectivity index (χ3v) is 4.22. The molecule has 2 N–H and O–H groups in total. The van der Waals surface area contributed by atoms with E-state index in [0.29, 0.717) is 5.69 Å². The second-order valence-electron chi connectivity index (χ2n) is 4.74. The molecular formula is C13H20N4OS. The van der Waals surface area contributed by atoms with Crippen LogP contribution in [0.15, 0.2) is 18.0 Å². The number of rotatable bonds is 4. The van der Waals surface area contributed by atoms with Gasteiger partial charge in [-0.15, -0.1) is 17.9 Å². The summed E-state index contributed by atoms with van der Waals surface area (Å²) < 4.78 is 0. The third-order valence-electron chi connectivity index (χ3n) is 3.18. The van der Waals surface area contributed by atoms with Crippen LogP contribution < -0.4 is 5.73 Å². The van der Waals surface area contributed by atoms with Gasteiger partial charge in [-0.3, -0.25) is 9.69 Å². The summed E-state index contributed by atoms with van der Waals surface area (Å²) in [6.07, 6.45) is 1.90. The summed E-state index contributed by atoms with van der Waals surface area (Å²) in [7, 11) is 0. The molecule has 1 aliphatic rings. The molecule has 5 nitrogen and oxygen atoms in total. The number of nitrogens with zero attached hydrogens (tertiary/aromatic N) is 3. The number of hydrogen-bond donors (Lipinski definition) is 1. The average Bonchev–Trinajstić information content (AvgIpc) is 2.89. The first kappa shape index (κ1) is 14.2. The second-order valence-corrected chi connectivity index (χ2v) is 5.63. The lowest BCUT2D eigenvalue weighted by Gasteiger charge is -2.33. The zero-order valence-electron chi connectivity index (χ0n) is 11.2. The molecule has 0 aromatic carbocycles. The van der Waals surface area contributed by atoms with Gasteiger partial charge in [0.1, 0.15) is 10.7 Å². The Kier molecular flexibility index (Phi) is 4.68. The first-order valence-corrected chi connectivity index (χ1v) is 7.33. The Bertz CT molecular complexity index is 449. The molecule has 0 spiro atoms. The molecule has 1 unspecified atom stereocenters. The lowest BCUT2D eigenvalue weighted by molar-refractivity contribution is 0.0645. The third kappa shape index (κ3) is 3.40.